The number of para-hydroxylation sites is 2. The lowest BCUT2D eigenvalue weighted by Gasteiger charge is -2.37. The van der Waals surface area contributed by atoms with E-state index in [0.717, 1.165) is 55.8 Å². The molecule has 0 aliphatic carbocycles. The number of anilines is 3. The molecule has 4 rings (SSSR count). The van der Waals surface area contributed by atoms with Crippen molar-refractivity contribution >= 4 is 17.3 Å². The summed E-state index contributed by atoms with van der Waals surface area (Å²) in [4.78, 5) is 13.5. The fourth-order valence-electron chi connectivity index (χ4n) is 3.47. The zero-order valence-corrected chi connectivity index (χ0v) is 16.1. The van der Waals surface area contributed by atoms with Crippen LogP contribution in [0, 0.1) is 0 Å². The van der Waals surface area contributed by atoms with Crippen molar-refractivity contribution in [3.8, 4) is 5.75 Å². The van der Waals surface area contributed by atoms with Gasteiger partial charge >= 0.3 is 0 Å². The molecule has 1 aromatic heterocycles. The minimum Gasteiger partial charge on any atom is -0.495 e. The lowest BCUT2D eigenvalue weighted by molar-refractivity contribution is 0.413. The number of methoxy groups -OCH3 is 1. The van der Waals surface area contributed by atoms with Gasteiger partial charge in [0.05, 0.1) is 12.8 Å². The Hall–Kier alpha value is -3.28. The smallest absolute Gasteiger partial charge is 0.142 e. The lowest BCUT2D eigenvalue weighted by atomic mass is 10.2. The van der Waals surface area contributed by atoms with E-state index in [9.17, 15) is 0 Å². The Morgan fingerprint density at radius 1 is 0.893 bits per heavy atom. The van der Waals surface area contributed by atoms with E-state index in [4.69, 9.17) is 4.74 Å². The monoisotopic (exact) mass is 375 g/mol. The number of nitrogens with one attached hydrogen (secondary N) is 1. The highest BCUT2D eigenvalue weighted by molar-refractivity contribution is 5.60. The van der Waals surface area contributed by atoms with E-state index in [1.807, 2.05) is 36.4 Å². The summed E-state index contributed by atoms with van der Waals surface area (Å²) >= 11 is 0. The molecule has 6 nitrogen and oxygen atoms in total. The van der Waals surface area contributed by atoms with Crippen LogP contribution >= 0.6 is 0 Å². The van der Waals surface area contributed by atoms with Crippen LogP contribution in [-0.4, -0.2) is 43.3 Å². The van der Waals surface area contributed by atoms with Gasteiger partial charge in [-0.15, -0.1) is 0 Å². The van der Waals surface area contributed by atoms with Crippen molar-refractivity contribution in [1.82, 2.24) is 9.97 Å². The number of aromatic nitrogens is 2. The van der Waals surface area contributed by atoms with E-state index in [1.165, 1.54) is 5.56 Å². The van der Waals surface area contributed by atoms with Crippen molar-refractivity contribution in [2.75, 3.05) is 48.4 Å². The molecule has 0 saturated carbocycles. The van der Waals surface area contributed by atoms with Crippen LogP contribution in [0.15, 0.2) is 67.0 Å². The van der Waals surface area contributed by atoms with Crippen molar-refractivity contribution in [3.05, 3.63) is 72.6 Å². The molecular weight excluding hydrogens is 350 g/mol. The van der Waals surface area contributed by atoms with Crippen LogP contribution in [0.1, 0.15) is 5.56 Å². The van der Waals surface area contributed by atoms with E-state index in [0.29, 0.717) is 0 Å². The SMILES string of the molecule is COc1ccccc1N1CCN(c2cc(NCc3ccccc3)ncn2)CC1. The highest BCUT2D eigenvalue weighted by Crippen LogP contribution is 2.29. The predicted octanol–water partition coefficient (Wildman–Crippen LogP) is 3.42. The first-order chi connectivity index (χ1) is 13.8. The second-order valence-corrected chi connectivity index (χ2v) is 6.75. The minimum absolute atomic E-state index is 0.749. The molecule has 3 aromatic rings. The Morgan fingerprint density at radius 2 is 1.61 bits per heavy atom. The largest absolute Gasteiger partial charge is 0.495 e. The third kappa shape index (κ3) is 4.17. The predicted molar refractivity (Wildman–Crippen MR) is 113 cm³/mol. The van der Waals surface area contributed by atoms with Crippen molar-refractivity contribution in [3.63, 3.8) is 0 Å². The van der Waals surface area contributed by atoms with Gasteiger partial charge in [0.25, 0.3) is 0 Å². The van der Waals surface area contributed by atoms with Crippen molar-refractivity contribution in [1.29, 1.82) is 0 Å². The first-order valence-corrected chi connectivity index (χ1v) is 9.56. The first kappa shape index (κ1) is 18.1. The topological polar surface area (TPSA) is 53.5 Å². The summed E-state index contributed by atoms with van der Waals surface area (Å²) in [5, 5.41) is 3.39. The van der Waals surface area contributed by atoms with Gasteiger partial charge in [0.2, 0.25) is 0 Å². The van der Waals surface area contributed by atoms with Gasteiger partial charge in [0.1, 0.15) is 23.7 Å². The number of nitrogens with zero attached hydrogens (tertiary/aromatic N) is 4. The molecule has 6 heteroatoms. The highest BCUT2D eigenvalue weighted by atomic mass is 16.5. The molecule has 2 aromatic carbocycles. The van der Waals surface area contributed by atoms with Gasteiger partial charge in [0.15, 0.2) is 0 Å². The van der Waals surface area contributed by atoms with Crippen molar-refractivity contribution < 1.29 is 4.74 Å². The Labute approximate surface area is 165 Å². The molecule has 1 aliphatic rings. The van der Waals surface area contributed by atoms with Gasteiger partial charge in [-0.25, -0.2) is 9.97 Å². The number of ether oxygens (including phenoxy) is 1. The zero-order valence-electron chi connectivity index (χ0n) is 16.1. The van der Waals surface area contributed by atoms with Crippen LogP contribution in [0.3, 0.4) is 0 Å². The summed E-state index contributed by atoms with van der Waals surface area (Å²) in [6, 6.07) is 20.5. The summed E-state index contributed by atoms with van der Waals surface area (Å²) in [6.45, 7) is 4.42. The average molecular weight is 375 g/mol. The van der Waals surface area contributed by atoms with E-state index in [-0.39, 0.29) is 0 Å². The molecular formula is C22H25N5O. The van der Waals surface area contributed by atoms with E-state index in [2.05, 4.69) is 49.4 Å². The first-order valence-electron chi connectivity index (χ1n) is 9.56. The van der Waals surface area contributed by atoms with Gasteiger partial charge in [-0.2, -0.15) is 0 Å². The maximum atomic E-state index is 5.50. The highest BCUT2D eigenvalue weighted by Gasteiger charge is 2.20. The van der Waals surface area contributed by atoms with Crippen LogP contribution in [0.5, 0.6) is 5.75 Å². The van der Waals surface area contributed by atoms with E-state index in [1.54, 1.807) is 13.4 Å². The molecule has 2 heterocycles. The molecule has 0 radical (unpaired) electrons. The van der Waals surface area contributed by atoms with Gasteiger partial charge in [0, 0.05) is 38.8 Å². The third-order valence-electron chi connectivity index (χ3n) is 5.00. The summed E-state index contributed by atoms with van der Waals surface area (Å²) < 4.78 is 5.50. The second-order valence-electron chi connectivity index (χ2n) is 6.75. The standard InChI is InChI=1S/C22H25N5O/c1-28-20-10-6-5-9-19(20)26-11-13-27(14-12-26)22-15-21(24-17-25-22)23-16-18-7-3-2-4-8-18/h2-10,15,17H,11-14,16H2,1H3,(H,23,24,25). The van der Waals surface area contributed by atoms with E-state index < -0.39 is 0 Å². The van der Waals surface area contributed by atoms with Gasteiger partial charge in [-0.3, -0.25) is 0 Å². The second kappa shape index (κ2) is 8.61. The van der Waals surface area contributed by atoms with E-state index >= 15 is 0 Å². The molecule has 0 bridgehead atoms. The van der Waals surface area contributed by atoms with Crippen LogP contribution < -0.4 is 19.9 Å². The zero-order chi connectivity index (χ0) is 19.2. The molecule has 0 spiro atoms. The molecule has 0 unspecified atom stereocenters. The van der Waals surface area contributed by atoms with Crippen molar-refractivity contribution in [2.45, 2.75) is 6.54 Å². The quantitative estimate of drug-likeness (QED) is 0.712. The number of hydrogen-bond donors (Lipinski definition) is 1. The van der Waals surface area contributed by atoms with Gasteiger partial charge in [-0.05, 0) is 17.7 Å². The molecule has 1 N–H and O–H groups in total. The fraction of sp³-hybridized carbons (Fsp3) is 0.273. The van der Waals surface area contributed by atoms with Crippen LogP contribution in [0.4, 0.5) is 17.3 Å². The number of piperazine rings is 1. The maximum Gasteiger partial charge on any atom is 0.142 e. The Kier molecular flexibility index (Phi) is 5.56. The molecule has 1 fully saturated rings. The van der Waals surface area contributed by atoms with Crippen molar-refractivity contribution in [2.24, 2.45) is 0 Å². The van der Waals surface area contributed by atoms with Gasteiger partial charge in [-0.1, -0.05) is 42.5 Å². The molecule has 1 saturated heterocycles. The summed E-state index contributed by atoms with van der Waals surface area (Å²) in [6.07, 6.45) is 1.63. The Bertz CT molecular complexity index is 894. The normalized spacial score (nSPS) is 14.0. The summed E-state index contributed by atoms with van der Waals surface area (Å²) in [7, 11) is 1.72. The maximum absolute atomic E-state index is 5.50. The fourth-order valence-corrected chi connectivity index (χ4v) is 3.47. The molecule has 0 atom stereocenters. The molecule has 1 aliphatic heterocycles. The van der Waals surface area contributed by atoms with Crippen LogP contribution in [-0.2, 0) is 6.54 Å². The summed E-state index contributed by atoms with van der Waals surface area (Å²) in [5.41, 5.74) is 2.38. The molecule has 0 amide bonds. The number of benzene rings is 2. The third-order valence-corrected chi connectivity index (χ3v) is 5.00. The van der Waals surface area contributed by atoms with Crippen LogP contribution in [0.25, 0.3) is 0 Å². The Morgan fingerprint density at radius 3 is 2.39 bits per heavy atom. The average Bonchev–Trinajstić information content (AvgIpc) is 2.79. The number of rotatable bonds is 6. The molecule has 28 heavy (non-hydrogen) atoms. The lowest BCUT2D eigenvalue weighted by Crippen LogP contribution is -2.47. The number of hydrogen-bond acceptors (Lipinski definition) is 6. The molecule has 144 valence electrons. The van der Waals surface area contributed by atoms with Gasteiger partial charge < -0.3 is 19.9 Å². The Balaban J connectivity index is 1.38. The minimum atomic E-state index is 0.749. The van der Waals surface area contributed by atoms with Crippen LogP contribution in [0.2, 0.25) is 0 Å². The summed E-state index contributed by atoms with van der Waals surface area (Å²) in [5.74, 6) is 2.73.